The number of nitrogens with zero attached hydrogens (tertiary/aromatic N) is 4. The molecular weight excluding hydrogens is 328 g/mol. The fraction of sp³-hybridized carbons (Fsp3) is 0.600. The van der Waals surface area contributed by atoms with Gasteiger partial charge in [0.1, 0.15) is 5.75 Å². The number of piperidine rings is 1. The Morgan fingerprint density at radius 3 is 2.65 bits per heavy atom. The predicted octanol–water partition coefficient (Wildman–Crippen LogP) is 3.01. The maximum atomic E-state index is 10.1. The quantitative estimate of drug-likeness (QED) is 0.914. The van der Waals surface area contributed by atoms with Crippen LogP contribution in [0.1, 0.15) is 43.6 Å². The van der Waals surface area contributed by atoms with Crippen LogP contribution in [0.4, 0.5) is 6.01 Å². The van der Waals surface area contributed by atoms with E-state index in [0.717, 1.165) is 44.6 Å². The standard InChI is InChI=1S/C20H26N4O2/c25-18-4-2-1-3-17(18)15-6-9-23(10-7-15)16-5-8-20(11-16)12-24(13-20)19-22-21-14-26-19/h1-4,14-16,25H,5-13H2/t16-/m1/s1. The normalized spacial score (nSPS) is 26.3. The number of para-hydroxylation sites is 1. The minimum Gasteiger partial charge on any atom is -0.508 e. The van der Waals surface area contributed by atoms with Crippen LogP contribution in [0.2, 0.25) is 0 Å². The van der Waals surface area contributed by atoms with Crippen LogP contribution in [0.3, 0.4) is 0 Å². The molecule has 3 aliphatic rings. The molecule has 0 amide bonds. The van der Waals surface area contributed by atoms with Crippen molar-refractivity contribution in [1.82, 2.24) is 15.1 Å². The molecule has 138 valence electrons. The van der Waals surface area contributed by atoms with Gasteiger partial charge in [0, 0.05) is 24.5 Å². The summed E-state index contributed by atoms with van der Waals surface area (Å²) in [4.78, 5) is 4.90. The van der Waals surface area contributed by atoms with Crippen molar-refractivity contribution in [3.05, 3.63) is 36.2 Å². The van der Waals surface area contributed by atoms with Crippen molar-refractivity contribution in [2.75, 3.05) is 31.1 Å². The largest absolute Gasteiger partial charge is 0.508 e. The van der Waals surface area contributed by atoms with Crippen LogP contribution in [0.15, 0.2) is 35.1 Å². The van der Waals surface area contributed by atoms with E-state index in [4.69, 9.17) is 4.42 Å². The molecule has 6 nitrogen and oxygen atoms in total. The molecule has 2 saturated heterocycles. The first-order chi connectivity index (χ1) is 12.7. The van der Waals surface area contributed by atoms with E-state index in [2.05, 4.69) is 26.1 Å². The highest BCUT2D eigenvalue weighted by Crippen LogP contribution is 2.48. The third-order valence-corrected chi connectivity index (χ3v) is 6.77. The number of hydrogen-bond acceptors (Lipinski definition) is 6. The van der Waals surface area contributed by atoms with Gasteiger partial charge in [-0.1, -0.05) is 23.3 Å². The lowest BCUT2D eigenvalue weighted by molar-refractivity contribution is 0.130. The van der Waals surface area contributed by atoms with Gasteiger partial charge in [-0.2, -0.15) is 0 Å². The molecule has 1 N–H and O–H groups in total. The number of hydrogen-bond donors (Lipinski definition) is 1. The molecule has 0 radical (unpaired) electrons. The Labute approximate surface area is 153 Å². The van der Waals surface area contributed by atoms with E-state index in [1.807, 2.05) is 18.2 Å². The monoisotopic (exact) mass is 354 g/mol. The highest BCUT2D eigenvalue weighted by Gasteiger charge is 2.50. The summed E-state index contributed by atoms with van der Waals surface area (Å²) in [5.41, 5.74) is 1.58. The van der Waals surface area contributed by atoms with Crippen LogP contribution in [0, 0.1) is 5.41 Å². The molecule has 2 aliphatic heterocycles. The number of phenolic OH excluding ortho intramolecular Hbond substituents is 1. The Hall–Kier alpha value is -2.08. The summed E-state index contributed by atoms with van der Waals surface area (Å²) in [5.74, 6) is 0.959. The number of anilines is 1. The second-order valence-electron chi connectivity index (χ2n) is 8.34. The Balaban J connectivity index is 1.16. The maximum Gasteiger partial charge on any atom is 0.317 e. The number of likely N-dealkylation sites (tertiary alicyclic amines) is 1. The minimum absolute atomic E-state index is 0.452. The molecule has 3 fully saturated rings. The van der Waals surface area contributed by atoms with Gasteiger partial charge in [-0.15, -0.1) is 5.10 Å². The summed E-state index contributed by atoms with van der Waals surface area (Å²) in [7, 11) is 0. The molecule has 1 aromatic heterocycles. The molecular formula is C20H26N4O2. The Morgan fingerprint density at radius 1 is 1.12 bits per heavy atom. The number of benzene rings is 1. The van der Waals surface area contributed by atoms with Crippen LogP contribution >= 0.6 is 0 Å². The van der Waals surface area contributed by atoms with E-state index >= 15 is 0 Å². The van der Waals surface area contributed by atoms with Crippen LogP contribution in [0.5, 0.6) is 5.75 Å². The fourth-order valence-electron chi connectivity index (χ4n) is 5.39. The van der Waals surface area contributed by atoms with Crippen molar-refractivity contribution >= 4 is 6.01 Å². The number of rotatable bonds is 3. The Morgan fingerprint density at radius 2 is 1.92 bits per heavy atom. The SMILES string of the molecule is Oc1ccccc1C1CCN([C@@H]2CCC3(C2)CN(c2nnco2)C3)CC1. The van der Waals surface area contributed by atoms with Crippen LogP contribution in [-0.2, 0) is 0 Å². The summed E-state index contributed by atoms with van der Waals surface area (Å²) in [5, 5.41) is 17.9. The summed E-state index contributed by atoms with van der Waals surface area (Å²) in [6.07, 6.45) is 7.61. The second kappa shape index (κ2) is 6.27. The Kier molecular flexibility index (Phi) is 3.89. The topological polar surface area (TPSA) is 65.6 Å². The molecule has 26 heavy (non-hydrogen) atoms. The number of aromatic nitrogens is 2. The van der Waals surface area contributed by atoms with E-state index in [1.165, 1.54) is 25.7 Å². The molecule has 1 saturated carbocycles. The number of phenols is 1. The van der Waals surface area contributed by atoms with Gasteiger partial charge in [0.15, 0.2) is 0 Å². The summed E-state index contributed by atoms with van der Waals surface area (Å²) in [6, 6.07) is 9.22. The van der Waals surface area contributed by atoms with Crippen LogP contribution < -0.4 is 4.90 Å². The molecule has 1 aliphatic carbocycles. The van der Waals surface area contributed by atoms with Crippen molar-refractivity contribution in [2.45, 2.75) is 44.1 Å². The average Bonchev–Trinajstić information content (AvgIpc) is 3.31. The molecule has 1 aromatic carbocycles. The highest BCUT2D eigenvalue weighted by molar-refractivity contribution is 5.35. The number of aromatic hydroxyl groups is 1. The zero-order valence-corrected chi connectivity index (χ0v) is 15.0. The van der Waals surface area contributed by atoms with E-state index in [9.17, 15) is 5.11 Å². The van der Waals surface area contributed by atoms with Crippen LogP contribution in [0.25, 0.3) is 0 Å². The lowest BCUT2D eigenvalue weighted by Crippen LogP contribution is -2.56. The van der Waals surface area contributed by atoms with Gasteiger partial charge in [-0.25, -0.2) is 0 Å². The van der Waals surface area contributed by atoms with E-state index in [1.54, 1.807) is 0 Å². The molecule has 6 heteroatoms. The molecule has 1 atom stereocenters. The Bertz CT molecular complexity index is 749. The summed E-state index contributed by atoms with van der Waals surface area (Å²) < 4.78 is 5.32. The van der Waals surface area contributed by atoms with Gasteiger partial charge in [0.05, 0.1) is 0 Å². The lowest BCUT2D eigenvalue weighted by Gasteiger charge is -2.48. The van der Waals surface area contributed by atoms with E-state index in [-0.39, 0.29) is 0 Å². The minimum atomic E-state index is 0.452. The molecule has 0 unspecified atom stereocenters. The first kappa shape index (κ1) is 16.1. The van der Waals surface area contributed by atoms with Crippen molar-refractivity contribution < 1.29 is 9.52 Å². The van der Waals surface area contributed by atoms with Crippen molar-refractivity contribution in [1.29, 1.82) is 0 Å². The second-order valence-corrected chi connectivity index (χ2v) is 8.34. The van der Waals surface area contributed by atoms with Gasteiger partial charge in [-0.3, -0.25) is 0 Å². The first-order valence-corrected chi connectivity index (χ1v) is 9.76. The zero-order chi connectivity index (χ0) is 17.6. The highest BCUT2D eigenvalue weighted by atomic mass is 16.4. The fourth-order valence-corrected chi connectivity index (χ4v) is 5.39. The van der Waals surface area contributed by atoms with Gasteiger partial charge >= 0.3 is 6.01 Å². The molecule has 3 heterocycles. The maximum absolute atomic E-state index is 10.1. The smallest absolute Gasteiger partial charge is 0.317 e. The molecule has 0 bridgehead atoms. The summed E-state index contributed by atoms with van der Waals surface area (Å²) >= 11 is 0. The van der Waals surface area contributed by atoms with Gasteiger partial charge in [0.25, 0.3) is 0 Å². The lowest BCUT2D eigenvalue weighted by atomic mass is 9.78. The summed E-state index contributed by atoms with van der Waals surface area (Å²) in [6.45, 7) is 4.40. The molecule has 5 rings (SSSR count). The first-order valence-electron chi connectivity index (χ1n) is 9.76. The van der Waals surface area contributed by atoms with Crippen molar-refractivity contribution in [3.63, 3.8) is 0 Å². The molecule has 1 spiro atoms. The van der Waals surface area contributed by atoms with Gasteiger partial charge in [-0.05, 0) is 62.7 Å². The van der Waals surface area contributed by atoms with Gasteiger partial charge in [0.2, 0.25) is 6.39 Å². The van der Waals surface area contributed by atoms with Crippen molar-refractivity contribution in [3.8, 4) is 5.75 Å². The third-order valence-electron chi connectivity index (χ3n) is 6.77. The van der Waals surface area contributed by atoms with Crippen LogP contribution in [-0.4, -0.2) is 52.4 Å². The third kappa shape index (κ3) is 2.76. The molecule has 2 aromatic rings. The van der Waals surface area contributed by atoms with E-state index < -0.39 is 0 Å². The zero-order valence-electron chi connectivity index (χ0n) is 15.0. The van der Waals surface area contributed by atoms with Crippen molar-refractivity contribution in [2.24, 2.45) is 5.41 Å². The van der Waals surface area contributed by atoms with Gasteiger partial charge < -0.3 is 19.3 Å². The van der Waals surface area contributed by atoms with E-state index in [0.29, 0.717) is 29.1 Å². The predicted molar refractivity (Wildman–Crippen MR) is 98.2 cm³/mol. The average molecular weight is 354 g/mol.